The average molecular weight is 251 g/mol. The molecule has 0 spiro atoms. The van der Waals surface area contributed by atoms with E-state index in [9.17, 15) is 9.90 Å². The first-order valence-corrected chi connectivity index (χ1v) is 6.53. The maximum atomic E-state index is 11.1. The minimum atomic E-state index is -0.321. The molecule has 1 aromatic heterocycles. The van der Waals surface area contributed by atoms with Gasteiger partial charge in [-0.3, -0.25) is 0 Å². The van der Waals surface area contributed by atoms with Crippen molar-refractivity contribution in [2.45, 2.75) is 18.8 Å². The molecule has 1 aliphatic rings. The molecule has 1 atom stereocenters. The van der Waals surface area contributed by atoms with Crippen LogP contribution in [0, 0.1) is 0 Å². The number of piperidine rings is 1. The molecule has 90 valence electrons. The van der Waals surface area contributed by atoms with Gasteiger partial charge >= 0.3 is 4.94 Å². The predicted octanol–water partition coefficient (Wildman–Crippen LogP) is 2.03. The molecular weight excluding hydrogens is 238 g/mol. The molecule has 5 heteroatoms. The first-order chi connectivity index (χ1) is 8.24. The Hall–Kier alpha value is -1.33. The van der Waals surface area contributed by atoms with Crippen molar-refractivity contribution in [2.75, 3.05) is 13.1 Å². The van der Waals surface area contributed by atoms with E-state index in [0.717, 1.165) is 42.8 Å². The van der Waals surface area contributed by atoms with Crippen LogP contribution >= 0.6 is 11.3 Å². The normalized spacial score (nSPS) is 20.8. The molecule has 17 heavy (non-hydrogen) atoms. The predicted molar refractivity (Wildman–Crippen MR) is 66.9 cm³/mol. The first kappa shape index (κ1) is 10.8. The van der Waals surface area contributed by atoms with Crippen molar-refractivity contribution < 1.29 is 9.52 Å². The zero-order valence-corrected chi connectivity index (χ0v) is 10.0. The lowest BCUT2D eigenvalue weighted by molar-refractivity contribution is 0.425. The number of phenols is 1. The zero-order valence-electron chi connectivity index (χ0n) is 9.23. The van der Waals surface area contributed by atoms with Gasteiger partial charge in [0.1, 0.15) is 11.3 Å². The molecule has 1 unspecified atom stereocenters. The van der Waals surface area contributed by atoms with Gasteiger partial charge in [-0.1, -0.05) is 11.3 Å². The molecule has 0 bridgehead atoms. The Kier molecular flexibility index (Phi) is 2.64. The van der Waals surface area contributed by atoms with Crippen molar-refractivity contribution in [2.24, 2.45) is 0 Å². The number of nitrogens with one attached hydrogen (secondary N) is 1. The van der Waals surface area contributed by atoms with Crippen LogP contribution in [0.2, 0.25) is 0 Å². The minimum Gasteiger partial charge on any atom is -0.508 e. The molecule has 1 aromatic carbocycles. The van der Waals surface area contributed by atoms with Crippen LogP contribution < -0.4 is 10.3 Å². The number of hydrogen-bond acceptors (Lipinski definition) is 5. The second kappa shape index (κ2) is 4.16. The van der Waals surface area contributed by atoms with Crippen LogP contribution in [-0.2, 0) is 0 Å². The number of fused-ring (bicyclic) bond motifs is 1. The summed E-state index contributed by atoms with van der Waals surface area (Å²) in [6, 6.07) is 3.44. The first-order valence-electron chi connectivity index (χ1n) is 5.71. The molecule has 3 rings (SSSR count). The highest BCUT2D eigenvalue weighted by Gasteiger charge is 2.20. The third-order valence-electron chi connectivity index (χ3n) is 3.22. The summed E-state index contributed by atoms with van der Waals surface area (Å²) in [5.41, 5.74) is 1.46. The maximum Gasteiger partial charge on any atom is 0.396 e. The highest BCUT2D eigenvalue weighted by Crippen LogP contribution is 2.34. The number of hydrogen-bond donors (Lipinski definition) is 2. The van der Waals surface area contributed by atoms with Gasteiger partial charge < -0.3 is 14.8 Å². The van der Waals surface area contributed by atoms with Gasteiger partial charge in [0.2, 0.25) is 0 Å². The Bertz CT molecular complexity index is 595. The molecule has 1 aliphatic heterocycles. The number of benzene rings is 1. The van der Waals surface area contributed by atoms with Crippen molar-refractivity contribution in [3.63, 3.8) is 0 Å². The van der Waals surface area contributed by atoms with Gasteiger partial charge in [-0.25, -0.2) is 4.79 Å². The van der Waals surface area contributed by atoms with Crippen molar-refractivity contribution in [1.82, 2.24) is 5.32 Å². The van der Waals surface area contributed by atoms with Gasteiger partial charge in [-0.15, -0.1) is 0 Å². The van der Waals surface area contributed by atoms with Crippen molar-refractivity contribution in [3.05, 3.63) is 27.4 Å². The third kappa shape index (κ3) is 1.96. The van der Waals surface area contributed by atoms with Gasteiger partial charge in [-0.05, 0) is 25.5 Å². The van der Waals surface area contributed by atoms with Crippen LogP contribution in [0.3, 0.4) is 0 Å². The van der Waals surface area contributed by atoms with Gasteiger partial charge in [0, 0.05) is 24.1 Å². The van der Waals surface area contributed by atoms with Crippen LogP contribution in [0.5, 0.6) is 5.75 Å². The lowest BCUT2D eigenvalue weighted by Crippen LogP contribution is -2.28. The van der Waals surface area contributed by atoms with Gasteiger partial charge in [0.05, 0.1) is 4.70 Å². The Morgan fingerprint density at radius 2 is 2.35 bits per heavy atom. The number of aromatic hydroxyl groups is 1. The Morgan fingerprint density at radius 1 is 1.47 bits per heavy atom. The second-order valence-corrected chi connectivity index (χ2v) is 5.33. The number of rotatable bonds is 1. The lowest BCUT2D eigenvalue weighted by Gasteiger charge is -2.23. The van der Waals surface area contributed by atoms with E-state index in [4.69, 9.17) is 4.42 Å². The van der Waals surface area contributed by atoms with Crippen molar-refractivity contribution >= 4 is 21.6 Å². The summed E-state index contributed by atoms with van der Waals surface area (Å²) in [6.07, 6.45) is 2.16. The molecule has 0 aliphatic carbocycles. The monoisotopic (exact) mass is 251 g/mol. The van der Waals surface area contributed by atoms with Gasteiger partial charge in [-0.2, -0.15) is 0 Å². The van der Waals surface area contributed by atoms with E-state index in [1.54, 1.807) is 12.1 Å². The van der Waals surface area contributed by atoms with Crippen LogP contribution in [0.15, 0.2) is 21.3 Å². The molecule has 1 saturated heterocycles. The molecule has 1 fully saturated rings. The summed E-state index contributed by atoms with van der Waals surface area (Å²) in [4.78, 5) is 10.8. The van der Waals surface area contributed by atoms with Crippen molar-refractivity contribution in [3.8, 4) is 5.75 Å². The van der Waals surface area contributed by atoms with Gasteiger partial charge in [0.25, 0.3) is 0 Å². The molecule has 0 radical (unpaired) electrons. The molecule has 2 N–H and O–H groups in total. The van der Waals surface area contributed by atoms with E-state index >= 15 is 0 Å². The van der Waals surface area contributed by atoms with Crippen LogP contribution in [0.4, 0.5) is 0 Å². The summed E-state index contributed by atoms with van der Waals surface area (Å²) in [6.45, 7) is 1.90. The van der Waals surface area contributed by atoms with E-state index in [1.807, 2.05) is 0 Å². The smallest absolute Gasteiger partial charge is 0.396 e. The number of phenolic OH excluding ortho intramolecular Hbond substituents is 1. The van der Waals surface area contributed by atoms with Crippen molar-refractivity contribution in [1.29, 1.82) is 0 Å². The molecule has 0 saturated carbocycles. The molecule has 0 amide bonds. The van der Waals surface area contributed by atoms with E-state index < -0.39 is 0 Å². The fourth-order valence-electron chi connectivity index (χ4n) is 2.37. The maximum absolute atomic E-state index is 11.1. The molecular formula is C12H13NO3S. The van der Waals surface area contributed by atoms with E-state index in [0.29, 0.717) is 16.2 Å². The Labute approximate surface area is 102 Å². The fourth-order valence-corrected chi connectivity index (χ4v) is 3.05. The van der Waals surface area contributed by atoms with E-state index in [2.05, 4.69) is 5.32 Å². The Morgan fingerprint density at radius 3 is 3.12 bits per heavy atom. The largest absolute Gasteiger partial charge is 0.508 e. The lowest BCUT2D eigenvalue weighted by atomic mass is 9.91. The Balaban J connectivity index is 2.08. The average Bonchev–Trinajstić information content (AvgIpc) is 2.68. The summed E-state index contributed by atoms with van der Waals surface area (Å²) in [7, 11) is 0. The zero-order chi connectivity index (χ0) is 11.8. The summed E-state index contributed by atoms with van der Waals surface area (Å²) >= 11 is 1.02. The topological polar surface area (TPSA) is 62.5 Å². The summed E-state index contributed by atoms with van der Waals surface area (Å²) < 4.78 is 5.79. The SMILES string of the molecule is O=c1oc2cc(C3CCCNC3)c(O)cc2s1. The third-order valence-corrected chi connectivity index (χ3v) is 4.01. The second-order valence-electron chi connectivity index (χ2n) is 4.36. The highest BCUT2D eigenvalue weighted by molar-refractivity contribution is 7.16. The van der Waals surface area contributed by atoms with Crippen LogP contribution in [-0.4, -0.2) is 18.2 Å². The highest BCUT2D eigenvalue weighted by atomic mass is 32.1. The van der Waals surface area contributed by atoms with E-state index in [1.165, 1.54) is 0 Å². The molecule has 2 aromatic rings. The fraction of sp³-hybridized carbons (Fsp3) is 0.417. The van der Waals surface area contributed by atoms with Crippen LogP contribution in [0.1, 0.15) is 24.3 Å². The van der Waals surface area contributed by atoms with Gasteiger partial charge in [0.15, 0.2) is 0 Å². The quantitative estimate of drug-likeness (QED) is 0.814. The standard InChI is InChI=1S/C12H13NO3S/c14-9-5-11-10(16-12(15)17-11)4-8(9)7-2-1-3-13-6-7/h4-5,7,13-14H,1-3,6H2. The molecule has 4 nitrogen and oxygen atoms in total. The summed E-state index contributed by atoms with van der Waals surface area (Å²) in [5.74, 6) is 0.571. The summed E-state index contributed by atoms with van der Waals surface area (Å²) in [5, 5.41) is 13.3. The minimum absolute atomic E-state index is 0.267. The molecule has 2 heterocycles. The van der Waals surface area contributed by atoms with Crippen LogP contribution in [0.25, 0.3) is 10.3 Å². The van der Waals surface area contributed by atoms with E-state index in [-0.39, 0.29) is 10.7 Å².